The monoisotopic (exact) mass is 608 g/mol. The van der Waals surface area contributed by atoms with Gasteiger partial charge in [-0.25, -0.2) is 19.6 Å². The molecule has 0 saturated carbocycles. The second-order valence-electron chi connectivity index (χ2n) is 11.0. The Morgan fingerprint density at radius 1 is 0.933 bits per heavy atom. The number of aliphatic hydroxyl groups excluding tert-OH is 1. The number of methoxy groups -OCH3 is 2. The van der Waals surface area contributed by atoms with Crippen LogP contribution in [0, 0.1) is 0 Å². The predicted molar refractivity (Wildman–Crippen MR) is 170 cm³/mol. The summed E-state index contributed by atoms with van der Waals surface area (Å²) in [6, 6.07) is 25.7. The van der Waals surface area contributed by atoms with Crippen LogP contribution in [0.1, 0.15) is 29.3 Å². The van der Waals surface area contributed by atoms with Crippen molar-refractivity contribution < 1.29 is 24.1 Å². The van der Waals surface area contributed by atoms with Crippen molar-refractivity contribution in [2.45, 2.75) is 30.5 Å². The zero-order chi connectivity index (χ0) is 31.4. The maximum absolute atomic E-state index is 11.2. The van der Waals surface area contributed by atoms with Crippen LogP contribution in [0.4, 0.5) is 5.82 Å². The van der Waals surface area contributed by atoms with Gasteiger partial charge in [-0.3, -0.25) is 0 Å². The summed E-state index contributed by atoms with van der Waals surface area (Å²) in [4.78, 5) is 15.0. The Labute approximate surface area is 261 Å². The maximum atomic E-state index is 11.2. The van der Waals surface area contributed by atoms with Gasteiger partial charge in [0.05, 0.1) is 44.9 Å². The van der Waals surface area contributed by atoms with Gasteiger partial charge in [-0.2, -0.15) is 5.10 Å². The topological polar surface area (TPSA) is 116 Å². The normalized spacial score (nSPS) is 18.5. The first-order valence-electron chi connectivity index (χ1n) is 14.6. The fraction of sp³-hybridized carbons (Fsp3) is 0.294. The molecule has 3 heterocycles. The van der Waals surface area contributed by atoms with Crippen LogP contribution in [0.15, 0.2) is 96.4 Å². The van der Waals surface area contributed by atoms with Gasteiger partial charge >= 0.3 is 0 Å². The van der Waals surface area contributed by atoms with Crippen LogP contribution in [0.25, 0.3) is 11.0 Å². The fourth-order valence-electron chi connectivity index (χ4n) is 5.63. The minimum absolute atomic E-state index is 0.0944. The quantitative estimate of drug-likeness (QED) is 0.129. The largest absolute Gasteiger partial charge is 0.497 e. The average molecular weight is 609 g/mol. The van der Waals surface area contributed by atoms with Gasteiger partial charge in [0.2, 0.25) is 0 Å². The molecule has 1 aliphatic heterocycles. The van der Waals surface area contributed by atoms with Gasteiger partial charge in [-0.15, -0.1) is 0 Å². The number of aliphatic hydroxyl groups is 1. The minimum atomic E-state index is -1.04. The van der Waals surface area contributed by atoms with Crippen molar-refractivity contribution in [2.75, 3.05) is 34.9 Å². The molecule has 2 aromatic heterocycles. The molecule has 0 spiro atoms. The molecule has 6 rings (SSSR count). The van der Waals surface area contributed by atoms with Crippen molar-refractivity contribution in [3.8, 4) is 11.5 Å². The molecule has 1 N–H and O–H groups in total. The predicted octanol–water partition coefficient (Wildman–Crippen LogP) is 4.72. The van der Waals surface area contributed by atoms with Crippen molar-refractivity contribution in [3.05, 3.63) is 108 Å². The number of aliphatic imine (C=N–C) groups is 1. The van der Waals surface area contributed by atoms with Crippen LogP contribution in [-0.2, 0) is 15.1 Å². The fourth-order valence-corrected chi connectivity index (χ4v) is 5.63. The van der Waals surface area contributed by atoms with Crippen LogP contribution in [-0.4, -0.2) is 83.2 Å². The highest BCUT2D eigenvalue weighted by atomic mass is 16.6. The Morgan fingerprint density at radius 3 is 2.16 bits per heavy atom. The highest BCUT2D eigenvalue weighted by Gasteiger charge is 2.42. The molecular weight excluding hydrogens is 572 g/mol. The van der Waals surface area contributed by atoms with Gasteiger partial charge in [-0.1, -0.05) is 54.6 Å². The summed E-state index contributed by atoms with van der Waals surface area (Å²) in [6.45, 7) is 0.0944. The zero-order valence-corrected chi connectivity index (χ0v) is 25.6. The van der Waals surface area contributed by atoms with Crippen LogP contribution in [0.5, 0.6) is 11.5 Å². The number of hydrogen-bond acceptors (Lipinski definition) is 9. The Kier molecular flexibility index (Phi) is 8.74. The molecule has 5 aromatic rings. The van der Waals surface area contributed by atoms with Gasteiger partial charge in [0.15, 0.2) is 17.7 Å². The molecular formula is C34H36N6O5. The molecule has 232 valence electrons. The molecule has 1 fully saturated rings. The Morgan fingerprint density at radius 2 is 1.56 bits per heavy atom. The summed E-state index contributed by atoms with van der Waals surface area (Å²) in [5.41, 5.74) is 2.25. The van der Waals surface area contributed by atoms with Gasteiger partial charge < -0.3 is 29.0 Å². The first-order valence-corrected chi connectivity index (χ1v) is 14.6. The Bertz CT molecular complexity index is 1690. The van der Waals surface area contributed by atoms with Crippen molar-refractivity contribution in [3.63, 3.8) is 0 Å². The number of hydrogen-bond donors (Lipinski definition) is 1. The second kappa shape index (κ2) is 13.0. The van der Waals surface area contributed by atoms with E-state index in [0.717, 1.165) is 28.2 Å². The van der Waals surface area contributed by atoms with Crippen LogP contribution < -0.4 is 9.47 Å². The van der Waals surface area contributed by atoms with Gasteiger partial charge in [-0.05, 0) is 41.0 Å². The summed E-state index contributed by atoms with van der Waals surface area (Å²) in [6.07, 6.45) is 3.11. The lowest BCUT2D eigenvalue weighted by Crippen LogP contribution is -2.38. The lowest BCUT2D eigenvalue weighted by molar-refractivity contribution is -0.0949. The SMILES string of the molecule is COc1ccc(C(OC[C@H]2O[C@@H](n3ncc4c(N=CN(C)C)ncnc43)CC2O)(c2ccccc2)c2ccc(OC)cc2)cc1. The maximum Gasteiger partial charge on any atom is 0.167 e. The second-order valence-corrected chi connectivity index (χ2v) is 11.0. The first kappa shape index (κ1) is 30.2. The first-order chi connectivity index (χ1) is 21.9. The molecule has 11 heteroatoms. The molecule has 11 nitrogen and oxygen atoms in total. The van der Waals surface area contributed by atoms with E-state index in [1.54, 1.807) is 31.4 Å². The number of rotatable bonds is 11. The summed E-state index contributed by atoms with van der Waals surface area (Å²) in [5.74, 6) is 1.97. The van der Waals surface area contributed by atoms with Crippen molar-refractivity contribution in [1.29, 1.82) is 0 Å². The van der Waals surface area contributed by atoms with Crippen molar-refractivity contribution in [2.24, 2.45) is 4.99 Å². The zero-order valence-electron chi connectivity index (χ0n) is 25.6. The highest BCUT2D eigenvalue weighted by Crippen LogP contribution is 2.43. The van der Waals surface area contributed by atoms with Crippen LogP contribution in [0.2, 0.25) is 0 Å². The Hall–Kier alpha value is -4.84. The van der Waals surface area contributed by atoms with E-state index in [2.05, 4.69) is 20.1 Å². The third kappa shape index (κ3) is 5.97. The number of ether oxygens (including phenoxy) is 4. The van der Waals surface area contributed by atoms with Gasteiger partial charge in [0.25, 0.3) is 0 Å². The van der Waals surface area contributed by atoms with Crippen LogP contribution in [0.3, 0.4) is 0 Å². The van der Waals surface area contributed by atoms with Gasteiger partial charge in [0, 0.05) is 20.5 Å². The average Bonchev–Trinajstić information content (AvgIpc) is 3.68. The molecule has 3 aromatic carbocycles. The molecule has 0 radical (unpaired) electrons. The van der Waals surface area contributed by atoms with Crippen LogP contribution >= 0.6 is 0 Å². The van der Waals surface area contributed by atoms with E-state index < -0.39 is 24.0 Å². The van der Waals surface area contributed by atoms with E-state index in [1.165, 1.54) is 6.33 Å². The molecule has 0 bridgehead atoms. The highest BCUT2D eigenvalue weighted by molar-refractivity contribution is 5.86. The smallest absolute Gasteiger partial charge is 0.167 e. The summed E-state index contributed by atoms with van der Waals surface area (Å²) in [5, 5.41) is 16.5. The lowest BCUT2D eigenvalue weighted by Gasteiger charge is -2.37. The number of benzene rings is 3. The van der Waals surface area contributed by atoms with E-state index in [1.807, 2.05) is 97.9 Å². The van der Waals surface area contributed by atoms with E-state index >= 15 is 0 Å². The molecule has 1 aliphatic rings. The number of nitrogens with zero attached hydrogens (tertiary/aromatic N) is 6. The van der Waals surface area contributed by atoms with E-state index in [0.29, 0.717) is 23.3 Å². The molecule has 0 aliphatic carbocycles. The van der Waals surface area contributed by atoms with E-state index in [-0.39, 0.29) is 6.61 Å². The van der Waals surface area contributed by atoms with Crippen molar-refractivity contribution >= 4 is 23.2 Å². The van der Waals surface area contributed by atoms with E-state index in [4.69, 9.17) is 18.9 Å². The molecule has 1 unspecified atom stereocenters. The molecule has 45 heavy (non-hydrogen) atoms. The summed E-state index contributed by atoms with van der Waals surface area (Å²) < 4.78 is 26.0. The third-order valence-electron chi connectivity index (χ3n) is 7.90. The summed E-state index contributed by atoms with van der Waals surface area (Å²) >= 11 is 0. The third-order valence-corrected chi connectivity index (χ3v) is 7.90. The van der Waals surface area contributed by atoms with Crippen molar-refractivity contribution in [1.82, 2.24) is 24.6 Å². The van der Waals surface area contributed by atoms with E-state index in [9.17, 15) is 5.11 Å². The number of fused-ring (bicyclic) bond motifs is 1. The number of aromatic nitrogens is 4. The molecule has 3 atom stereocenters. The molecule has 1 saturated heterocycles. The Balaban J connectivity index is 1.33. The minimum Gasteiger partial charge on any atom is -0.497 e. The summed E-state index contributed by atoms with van der Waals surface area (Å²) in [7, 11) is 7.05. The van der Waals surface area contributed by atoms with Gasteiger partial charge in [0.1, 0.15) is 29.5 Å². The molecule has 0 amide bonds. The standard InChI is InChI=1S/C34H36N6O5/c1-39(2)22-37-32-28-19-38-40(33(28)36-21-35-32)31-18-29(41)30(45-31)20-44-34(23-8-6-5-7-9-23,24-10-14-26(42-3)15-11-24)25-12-16-27(43-4)17-13-25/h5-17,19,21-22,29-31,41H,18,20H2,1-4H3/t29?,30-,31-/m1/s1. The lowest BCUT2D eigenvalue weighted by atomic mass is 9.80.